The molecule has 7 heteroatoms. The molecule has 1 aromatic heterocycles. The second-order valence-corrected chi connectivity index (χ2v) is 6.62. The smallest absolute Gasteiger partial charge is 0.257 e. The van der Waals surface area contributed by atoms with Gasteiger partial charge in [-0.05, 0) is 79.0 Å². The molecule has 0 bridgehead atoms. The second-order valence-electron chi connectivity index (χ2n) is 4.96. The van der Waals surface area contributed by atoms with Gasteiger partial charge >= 0.3 is 0 Å². The van der Waals surface area contributed by atoms with Crippen molar-refractivity contribution < 1.29 is 9.53 Å². The van der Waals surface area contributed by atoms with Gasteiger partial charge in [-0.3, -0.25) is 10.1 Å². The molecule has 0 atom stereocenters. The summed E-state index contributed by atoms with van der Waals surface area (Å²) in [5.41, 5.74) is 0.475. The van der Waals surface area contributed by atoms with Crippen molar-refractivity contribution >= 4 is 51.6 Å². The molecule has 2 rings (SSSR count). The Morgan fingerprint density at radius 1 is 1.30 bits per heavy atom. The fourth-order valence-corrected chi connectivity index (χ4v) is 2.27. The molecule has 0 unspecified atom stereocenters. The van der Waals surface area contributed by atoms with E-state index in [0.717, 1.165) is 3.57 Å². The lowest BCUT2D eigenvalue weighted by Crippen LogP contribution is -2.34. The number of pyridine rings is 1. The van der Waals surface area contributed by atoms with E-state index in [-0.39, 0.29) is 17.1 Å². The molecule has 0 radical (unpaired) electrons. The van der Waals surface area contributed by atoms with Crippen LogP contribution in [-0.4, -0.2) is 22.1 Å². The number of halogens is 1. The van der Waals surface area contributed by atoms with E-state index in [1.807, 2.05) is 26.0 Å². The zero-order valence-corrected chi connectivity index (χ0v) is 15.6. The zero-order chi connectivity index (χ0) is 16.8. The van der Waals surface area contributed by atoms with Crippen molar-refractivity contribution in [3.05, 3.63) is 51.7 Å². The molecule has 0 aliphatic carbocycles. The summed E-state index contributed by atoms with van der Waals surface area (Å²) in [7, 11) is 0. The van der Waals surface area contributed by atoms with Gasteiger partial charge in [0, 0.05) is 15.3 Å². The summed E-state index contributed by atoms with van der Waals surface area (Å²) >= 11 is 7.30. The van der Waals surface area contributed by atoms with E-state index in [4.69, 9.17) is 17.0 Å². The Bertz CT molecular complexity index is 705. The van der Waals surface area contributed by atoms with E-state index in [0.29, 0.717) is 17.1 Å². The summed E-state index contributed by atoms with van der Waals surface area (Å²) in [6.07, 6.45) is 1.75. The number of aromatic nitrogens is 1. The number of carbonyl (C=O) groups excluding carboxylic acids is 1. The average Bonchev–Trinajstić information content (AvgIpc) is 2.49. The molecule has 0 saturated carbocycles. The van der Waals surface area contributed by atoms with Gasteiger partial charge in [-0.2, -0.15) is 0 Å². The van der Waals surface area contributed by atoms with Crippen LogP contribution in [0.15, 0.2) is 42.6 Å². The average molecular weight is 441 g/mol. The standard InChI is InChI=1S/C16H16IN3O2S/c1-10(2)22-13-5-3-4-11(8-13)15(21)20-16(23)19-14-7-6-12(17)9-18-14/h3-10H,1-2H3,(H2,18,19,20,21,23). The van der Waals surface area contributed by atoms with Crippen LogP contribution in [0, 0.1) is 3.57 Å². The highest BCUT2D eigenvalue weighted by Crippen LogP contribution is 2.15. The molecule has 120 valence electrons. The van der Waals surface area contributed by atoms with Crippen molar-refractivity contribution in [1.82, 2.24) is 10.3 Å². The van der Waals surface area contributed by atoms with Crippen molar-refractivity contribution in [3.63, 3.8) is 0 Å². The third-order valence-electron chi connectivity index (χ3n) is 2.66. The number of amides is 1. The molecule has 2 N–H and O–H groups in total. The van der Waals surface area contributed by atoms with Gasteiger partial charge in [0.2, 0.25) is 0 Å². The van der Waals surface area contributed by atoms with E-state index < -0.39 is 0 Å². The van der Waals surface area contributed by atoms with Gasteiger partial charge in [-0.25, -0.2) is 4.98 Å². The van der Waals surface area contributed by atoms with E-state index in [2.05, 4.69) is 38.2 Å². The maximum absolute atomic E-state index is 12.2. The Morgan fingerprint density at radius 2 is 2.09 bits per heavy atom. The lowest BCUT2D eigenvalue weighted by Gasteiger charge is -2.12. The monoisotopic (exact) mass is 441 g/mol. The first kappa shape index (κ1) is 17.6. The molecular weight excluding hydrogens is 425 g/mol. The summed E-state index contributed by atoms with van der Waals surface area (Å²) in [4.78, 5) is 16.4. The van der Waals surface area contributed by atoms with Crippen LogP contribution in [0.2, 0.25) is 0 Å². The number of benzene rings is 1. The molecule has 0 spiro atoms. The van der Waals surface area contributed by atoms with E-state index >= 15 is 0 Å². The van der Waals surface area contributed by atoms with Gasteiger partial charge in [0.05, 0.1) is 6.10 Å². The van der Waals surface area contributed by atoms with E-state index in [9.17, 15) is 4.79 Å². The summed E-state index contributed by atoms with van der Waals surface area (Å²) < 4.78 is 6.60. The zero-order valence-electron chi connectivity index (χ0n) is 12.7. The molecular formula is C16H16IN3O2S. The van der Waals surface area contributed by atoms with Crippen molar-refractivity contribution in [2.75, 3.05) is 5.32 Å². The van der Waals surface area contributed by atoms with Crippen LogP contribution < -0.4 is 15.4 Å². The third kappa shape index (κ3) is 5.76. The minimum Gasteiger partial charge on any atom is -0.491 e. The summed E-state index contributed by atoms with van der Waals surface area (Å²) in [6, 6.07) is 10.6. The minimum absolute atomic E-state index is 0.0444. The van der Waals surface area contributed by atoms with Crippen LogP contribution in [0.1, 0.15) is 24.2 Å². The van der Waals surface area contributed by atoms with Crippen LogP contribution in [-0.2, 0) is 0 Å². The van der Waals surface area contributed by atoms with Crippen LogP contribution in [0.4, 0.5) is 5.82 Å². The van der Waals surface area contributed by atoms with E-state index in [1.54, 1.807) is 30.5 Å². The Kier molecular flexibility index (Phi) is 6.28. The SMILES string of the molecule is CC(C)Oc1cccc(C(=O)NC(=S)Nc2ccc(I)cn2)c1. The number of rotatable bonds is 4. The number of hydrogen-bond acceptors (Lipinski definition) is 4. The number of anilines is 1. The molecule has 1 heterocycles. The predicted molar refractivity (Wildman–Crippen MR) is 103 cm³/mol. The normalized spacial score (nSPS) is 10.3. The van der Waals surface area contributed by atoms with Crippen LogP contribution in [0.3, 0.4) is 0 Å². The Morgan fingerprint density at radius 3 is 2.74 bits per heavy atom. The molecule has 23 heavy (non-hydrogen) atoms. The predicted octanol–water partition coefficient (Wildman–Crippen LogP) is 3.60. The molecule has 0 aliphatic rings. The van der Waals surface area contributed by atoms with E-state index in [1.165, 1.54) is 0 Å². The van der Waals surface area contributed by atoms with Crippen molar-refractivity contribution in [1.29, 1.82) is 0 Å². The first-order valence-corrected chi connectivity index (χ1v) is 8.43. The summed E-state index contributed by atoms with van der Waals surface area (Å²) in [6.45, 7) is 3.86. The molecule has 0 fully saturated rings. The molecule has 5 nitrogen and oxygen atoms in total. The fraction of sp³-hybridized carbons (Fsp3) is 0.188. The van der Waals surface area contributed by atoms with Crippen molar-refractivity contribution in [3.8, 4) is 5.75 Å². The highest BCUT2D eigenvalue weighted by molar-refractivity contribution is 14.1. The minimum atomic E-state index is -0.304. The lowest BCUT2D eigenvalue weighted by atomic mass is 10.2. The van der Waals surface area contributed by atoms with Crippen LogP contribution in [0.25, 0.3) is 0 Å². The second kappa shape index (κ2) is 8.21. The Hall–Kier alpha value is -1.74. The summed E-state index contributed by atoms with van der Waals surface area (Å²) in [5, 5.41) is 5.69. The first-order chi connectivity index (χ1) is 10.9. The maximum atomic E-state index is 12.2. The van der Waals surface area contributed by atoms with Gasteiger partial charge in [0.25, 0.3) is 5.91 Å². The van der Waals surface area contributed by atoms with Crippen molar-refractivity contribution in [2.45, 2.75) is 20.0 Å². The van der Waals surface area contributed by atoms with Gasteiger partial charge in [-0.15, -0.1) is 0 Å². The number of nitrogens with one attached hydrogen (secondary N) is 2. The summed E-state index contributed by atoms with van der Waals surface area (Å²) in [5.74, 6) is 0.917. The number of thiocarbonyl (C=S) groups is 1. The van der Waals surface area contributed by atoms with Crippen molar-refractivity contribution in [2.24, 2.45) is 0 Å². The van der Waals surface area contributed by atoms with Gasteiger partial charge < -0.3 is 10.1 Å². The fourth-order valence-electron chi connectivity index (χ4n) is 1.76. The quantitative estimate of drug-likeness (QED) is 0.561. The third-order valence-corrected chi connectivity index (χ3v) is 3.51. The number of ether oxygens (including phenoxy) is 1. The molecule has 0 saturated heterocycles. The number of nitrogens with zero attached hydrogens (tertiary/aromatic N) is 1. The topological polar surface area (TPSA) is 63.2 Å². The molecule has 2 aromatic rings. The highest BCUT2D eigenvalue weighted by Gasteiger charge is 2.10. The number of carbonyl (C=O) groups is 1. The molecule has 1 amide bonds. The molecule has 1 aromatic carbocycles. The molecule has 0 aliphatic heterocycles. The Labute approximate surface area is 154 Å². The van der Waals surface area contributed by atoms with Crippen LogP contribution >= 0.6 is 34.8 Å². The Balaban J connectivity index is 1.98. The van der Waals surface area contributed by atoms with Crippen LogP contribution in [0.5, 0.6) is 5.75 Å². The van der Waals surface area contributed by atoms with Gasteiger partial charge in [0.1, 0.15) is 11.6 Å². The highest BCUT2D eigenvalue weighted by atomic mass is 127. The maximum Gasteiger partial charge on any atom is 0.257 e. The number of hydrogen-bond donors (Lipinski definition) is 2. The first-order valence-electron chi connectivity index (χ1n) is 6.94. The van der Waals surface area contributed by atoms with Gasteiger partial charge in [-0.1, -0.05) is 6.07 Å². The van der Waals surface area contributed by atoms with Gasteiger partial charge in [0.15, 0.2) is 5.11 Å². The largest absolute Gasteiger partial charge is 0.491 e. The lowest BCUT2D eigenvalue weighted by molar-refractivity contribution is 0.0977.